The predicted molar refractivity (Wildman–Crippen MR) is 79.6 cm³/mol. The summed E-state index contributed by atoms with van der Waals surface area (Å²) < 4.78 is 7.01. The van der Waals surface area contributed by atoms with Crippen LogP contribution in [0, 0.1) is 0 Å². The molecule has 0 aliphatic heterocycles. The molecular formula is C14H16Cl2N2O2. The molecule has 2 aromatic rings. The number of nitrogens with zero attached hydrogens (tertiary/aromatic N) is 2. The highest BCUT2D eigenvalue weighted by Crippen LogP contribution is 2.33. The Hall–Kier alpha value is -1.23. The van der Waals surface area contributed by atoms with Gasteiger partial charge in [-0.05, 0) is 24.1 Å². The molecule has 1 atom stereocenters. The average molecular weight is 315 g/mol. The minimum atomic E-state index is -0.867. The van der Waals surface area contributed by atoms with Crippen LogP contribution in [-0.4, -0.2) is 22.0 Å². The van der Waals surface area contributed by atoms with Crippen LogP contribution in [0.1, 0.15) is 30.7 Å². The SMILES string of the molecule is CCCn1ncc(OC)c1C(O)c1ccc(Cl)c(Cl)c1. The second kappa shape index (κ2) is 6.48. The molecule has 0 aliphatic rings. The first-order chi connectivity index (χ1) is 9.58. The Morgan fingerprint density at radius 3 is 2.70 bits per heavy atom. The standard InChI is InChI=1S/C14H16Cl2N2O2/c1-3-6-18-13(12(20-2)8-17-18)14(19)9-4-5-10(15)11(16)7-9/h4-5,7-8,14,19H,3,6H2,1-2H3. The van der Waals surface area contributed by atoms with Crippen LogP contribution < -0.4 is 4.74 Å². The molecule has 2 rings (SSSR count). The third-order valence-corrected chi connectivity index (χ3v) is 3.76. The number of methoxy groups -OCH3 is 1. The van der Waals surface area contributed by atoms with Gasteiger partial charge >= 0.3 is 0 Å². The molecule has 6 heteroatoms. The van der Waals surface area contributed by atoms with Crippen molar-refractivity contribution in [2.75, 3.05) is 7.11 Å². The van der Waals surface area contributed by atoms with E-state index in [2.05, 4.69) is 5.10 Å². The zero-order valence-corrected chi connectivity index (χ0v) is 12.8. The van der Waals surface area contributed by atoms with Crippen molar-refractivity contribution in [1.82, 2.24) is 9.78 Å². The van der Waals surface area contributed by atoms with Gasteiger partial charge in [-0.15, -0.1) is 0 Å². The summed E-state index contributed by atoms with van der Waals surface area (Å²) in [6.07, 6.45) is 1.64. The summed E-state index contributed by atoms with van der Waals surface area (Å²) in [4.78, 5) is 0. The van der Waals surface area contributed by atoms with Gasteiger partial charge in [0.15, 0.2) is 5.75 Å². The van der Waals surface area contributed by atoms with Gasteiger partial charge in [0.25, 0.3) is 0 Å². The van der Waals surface area contributed by atoms with Crippen LogP contribution in [0.15, 0.2) is 24.4 Å². The Morgan fingerprint density at radius 2 is 2.10 bits per heavy atom. The molecule has 1 N–H and O–H groups in total. The van der Waals surface area contributed by atoms with Crippen molar-refractivity contribution in [2.24, 2.45) is 0 Å². The van der Waals surface area contributed by atoms with Crippen LogP contribution in [0.4, 0.5) is 0 Å². The van der Waals surface area contributed by atoms with Crippen molar-refractivity contribution in [3.8, 4) is 5.75 Å². The van der Waals surface area contributed by atoms with Gasteiger partial charge in [0.05, 0.1) is 23.4 Å². The maximum atomic E-state index is 10.6. The van der Waals surface area contributed by atoms with Crippen molar-refractivity contribution in [3.05, 3.63) is 45.7 Å². The number of aryl methyl sites for hydroxylation is 1. The smallest absolute Gasteiger partial charge is 0.163 e. The fraction of sp³-hybridized carbons (Fsp3) is 0.357. The highest BCUT2D eigenvalue weighted by Gasteiger charge is 2.21. The molecule has 0 saturated heterocycles. The Balaban J connectivity index is 2.43. The number of benzene rings is 1. The quantitative estimate of drug-likeness (QED) is 0.915. The van der Waals surface area contributed by atoms with E-state index in [0.717, 1.165) is 6.42 Å². The van der Waals surface area contributed by atoms with Gasteiger partial charge in [0.2, 0.25) is 0 Å². The van der Waals surface area contributed by atoms with Crippen molar-refractivity contribution in [1.29, 1.82) is 0 Å². The lowest BCUT2D eigenvalue weighted by molar-refractivity contribution is 0.202. The van der Waals surface area contributed by atoms with E-state index < -0.39 is 6.10 Å². The zero-order chi connectivity index (χ0) is 14.7. The van der Waals surface area contributed by atoms with Crippen molar-refractivity contribution >= 4 is 23.2 Å². The molecule has 0 amide bonds. The van der Waals surface area contributed by atoms with E-state index in [1.165, 1.54) is 0 Å². The van der Waals surface area contributed by atoms with Crippen LogP contribution >= 0.6 is 23.2 Å². The fourth-order valence-electron chi connectivity index (χ4n) is 2.04. The van der Waals surface area contributed by atoms with E-state index in [1.807, 2.05) is 6.92 Å². The second-order valence-electron chi connectivity index (χ2n) is 4.40. The fourth-order valence-corrected chi connectivity index (χ4v) is 2.35. The normalized spacial score (nSPS) is 12.4. The molecule has 4 nitrogen and oxygen atoms in total. The summed E-state index contributed by atoms with van der Waals surface area (Å²) in [5.41, 5.74) is 1.27. The summed E-state index contributed by atoms with van der Waals surface area (Å²) in [6, 6.07) is 5.05. The molecule has 0 spiro atoms. The highest BCUT2D eigenvalue weighted by atomic mass is 35.5. The summed E-state index contributed by atoms with van der Waals surface area (Å²) in [5.74, 6) is 0.553. The molecule has 0 fully saturated rings. The summed E-state index contributed by atoms with van der Waals surface area (Å²) >= 11 is 11.9. The topological polar surface area (TPSA) is 47.3 Å². The van der Waals surface area contributed by atoms with Gasteiger partial charge in [-0.25, -0.2) is 0 Å². The van der Waals surface area contributed by atoms with E-state index in [9.17, 15) is 5.11 Å². The van der Waals surface area contributed by atoms with Crippen molar-refractivity contribution in [2.45, 2.75) is 26.0 Å². The van der Waals surface area contributed by atoms with Gasteiger partial charge in [-0.2, -0.15) is 5.10 Å². The van der Waals surface area contributed by atoms with Crippen LogP contribution in [0.3, 0.4) is 0 Å². The highest BCUT2D eigenvalue weighted by molar-refractivity contribution is 6.42. The van der Waals surface area contributed by atoms with Gasteiger partial charge < -0.3 is 9.84 Å². The molecule has 0 radical (unpaired) electrons. The Kier molecular flexibility index (Phi) is 4.91. The lowest BCUT2D eigenvalue weighted by Crippen LogP contribution is -2.11. The maximum absolute atomic E-state index is 10.6. The third kappa shape index (κ3) is 2.92. The van der Waals surface area contributed by atoms with Crippen molar-refractivity contribution < 1.29 is 9.84 Å². The monoisotopic (exact) mass is 314 g/mol. The van der Waals surface area contributed by atoms with Gasteiger partial charge in [0.1, 0.15) is 11.8 Å². The summed E-state index contributed by atoms with van der Waals surface area (Å²) in [5, 5.41) is 15.7. The number of aromatic nitrogens is 2. The summed E-state index contributed by atoms with van der Waals surface area (Å²) in [6.45, 7) is 2.75. The molecule has 0 saturated carbocycles. The lowest BCUT2D eigenvalue weighted by Gasteiger charge is -2.15. The molecule has 108 valence electrons. The number of aliphatic hydroxyl groups is 1. The molecule has 1 unspecified atom stereocenters. The predicted octanol–water partition coefficient (Wildman–Crippen LogP) is 3.69. The van der Waals surface area contributed by atoms with E-state index in [4.69, 9.17) is 27.9 Å². The van der Waals surface area contributed by atoms with Crippen LogP contribution in [0.2, 0.25) is 10.0 Å². The summed E-state index contributed by atoms with van der Waals surface area (Å²) in [7, 11) is 1.55. The van der Waals surface area contributed by atoms with Crippen LogP contribution in [0.25, 0.3) is 0 Å². The number of ether oxygens (including phenoxy) is 1. The second-order valence-corrected chi connectivity index (χ2v) is 5.21. The first-order valence-electron chi connectivity index (χ1n) is 6.31. The van der Waals surface area contributed by atoms with E-state index in [-0.39, 0.29) is 0 Å². The van der Waals surface area contributed by atoms with Gasteiger partial charge in [-0.1, -0.05) is 36.2 Å². The first-order valence-corrected chi connectivity index (χ1v) is 7.06. The molecular weight excluding hydrogens is 299 g/mol. The number of hydrogen-bond donors (Lipinski definition) is 1. The molecule has 0 bridgehead atoms. The average Bonchev–Trinajstić information content (AvgIpc) is 2.84. The maximum Gasteiger partial charge on any atom is 0.163 e. The lowest BCUT2D eigenvalue weighted by atomic mass is 10.1. The number of halogens is 2. The number of hydrogen-bond acceptors (Lipinski definition) is 3. The molecule has 1 aromatic carbocycles. The van der Waals surface area contributed by atoms with Gasteiger partial charge in [-0.3, -0.25) is 4.68 Å². The Morgan fingerprint density at radius 1 is 1.35 bits per heavy atom. The Labute approximate surface area is 127 Å². The molecule has 20 heavy (non-hydrogen) atoms. The largest absolute Gasteiger partial charge is 0.493 e. The zero-order valence-electron chi connectivity index (χ0n) is 11.3. The van der Waals surface area contributed by atoms with E-state index >= 15 is 0 Å². The molecule has 1 aromatic heterocycles. The van der Waals surface area contributed by atoms with Crippen LogP contribution in [-0.2, 0) is 6.54 Å². The first kappa shape index (κ1) is 15.2. The van der Waals surface area contributed by atoms with Crippen LogP contribution in [0.5, 0.6) is 5.75 Å². The molecule has 0 aliphatic carbocycles. The third-order valence-electron chi connectivity index (χ3n) is 3.02. The minimum absolute atomic E-state index is 0.406. The van der Waals surface area contributed by atoms with Crippen molar-refractivity contribution in [3.63, 3.8) is 0 Å². The molecule has 1 heterocycles. The number of aliphatic hydroxyl groups excluding tert-OH is 1. The minimum Gasteiger partial charge on any atom is -0.493 e. The number of rotatable bonds is 5. The van der Waals surface area contributed by atoms with E-state index in [0.29, 0.717) is 33.6 Å². The van der Waals surface area contributed by atoms with E-state index in [1.54, 1.807) is 36.2 Å². The van der Waals surface area contributed by atoms with Gasteiger partial charge in [0, 0.05) is 6.54 Å². The Bertz CT molecular complexity index is 599.